The van der Waals surface area contributed by atoms with E-state index in [4.69, 9.17) is 10.8 Å². The summed E-state index contributed by atoms with van der Waals surface area (Å²) in [4.78, 5) is 14.3. The van der Waals surface area contributed by atoms with Crippen LogP contribution in [-0.2, 0) is 4.79 Å². The summed E-state index contributed by atoms with van der Waals surface area (Å²) in [7, 11) is 0. The summed E-state index contributed by atoms with van der Waals surface area (Å²) in [6, 6.07) is 9.92. The minimum absolute atomic E-state index is 0.00826. The second-order valence-corrected chi connectivity index (χ2v) is 4.69. The van der Waals surface area contributed by atoms with Gasteiger partial charge in [0.25, 0.3) is 0 Å². The highest BCUT2D eigenvalue weighted by molar-refractivity contribution is 5.84. The largest absolute Gasteiger partial charge is 0.395 e. The Bertz CT molecular complexity index is 390. The molecule has 1 fully saturated rings. The van der Waals surface area contributed by atoms with Crippen LogP contribution < -0.4 is 5.73 Å². The van der Waals surface area contributed by atoms with Crippen molar-refractivity contribution in [2.24, 2.45) is 5.73 Å². The Kier molecular flexibility index (Phi) is 4.33. The number of carbonyl (C=O) groups excluding carboxylic acids is 1. The predicted octanol–water partition coefficient (Wildman–Crippen LogP) is 0.712. The van der Waals surface area contributed by atoms with E-state index in [0.717, 1.165) is 18.4 Å². The topological polar surface area (TPSA) is 66.6 Å². The van der Waals surface area contributed by atoms with Crippen LogP contribution in [-0.4, -0.2) is 41.7 Å². The van der Waals surface area contributed by atoms with Crippen LogP contribution in [0.1, 0.15) is 24.3 Å². The first-order valence-corrected chi connectivity index (χ1v) is 6.44. The molecule has 1 aliphatic rings. The molecule has 0 spiro atoms. The van der Waals surface area contributed by atoms with Gasteiger partial charge in [-0.3, -0.25) is 4.79 Å². The van der Waals surface area contributed by atoms with Gasteiger partial charge in [-0.15, -0.1) is 0 Å². The highest BCUT2D eigenvalue weighted by atomic mass is 16.3. The quantitative estimate of drug-likeness (QED) is 0.779. The fourth-order valence-corrected chi connectivity index (χ4v) is 2.23. The van der Waals surface area contributed by atoms with Gasteiger partial charge in [0.05, 0.1) is 12.5 Å². The summed E-state index contributed by atoms with van der Waals surface area (Å²) in [6.07, 6.45) is 2.08. The zero-order chi connectivity index (χ0) is 13.0. The predicted molar refractivity (Wildman–Crippen MR) is 70.1 cm³/mol. The summed E-state index contributed by atoms with van der Waals surface area (Å²) in [5.74, 6) is -0.251. The van der Waals surface area contributed by atoms with Crippen molar-refractivity contribution in [3.63, 3.8) is 0 Å². The number of rotatable bonds is 6. The Morgan fingerprint density at radius 1 is 1.39 bits per heavy atom. The van der Waals surface area contributed by atoms with Crippen LogP contribution in [0.15, 0.2) is 30.3 Å². The third-order valence-corrected chi connectivity index (χ3v) is 3.35. The van der Waals surface area contributed by atoms with E-state index >= 15 is 0 Å². The molecule has 1 unspecified atom stereocenters. The molecule has 1 atom stereocenters. The van der Waals surface area contributed by atoms with E-state index < -0.39 is 0 Å². The minimum atomic E-state index is -0.293. The van der Waals surface area contributed by atoms with Gasteiger partial charge in [-0.05, 0) is 18.4 Å². The van der Waals surface area contributed by atoms with E-state index in [2.05, 4.69) is 0 Å². The maximum atomic E-state index is 12.5. The van der Waals surface area contributed by atoms with Crippen LogP contribution in [0.25, 0.3) is 0 Å². The van der Waals surface area contributed by atoms with E-state index in [0.29, 0.717) is 19.1 Å². The molecular weight excluding hydrogens is 228 g/mol. The number of hydrogen-bond acceptors (Lipinski definition) is 3. The molecule has 1 aromatic rings. The zero-order valence-corrected chi connectivity index (χ0v) is 10.5. The summed E-state index contributed by atoms with van der Waals surface area (Å²) < 4.78 is 0. The lowest BCUT2D eigenvalue weighted by Crippen LogP contribution is -2.41. The molecule has 4 heteroatoms. The molecule has 0 heterocycles. The van der Waals surface area contributed by atoms with Gasteiger partial charge in [0.15, 0.2) is 0 Å². The molecule has 18 heavy (non-hydrogen) atoms. The molecule has 4 nitrogen and oxygen atoms in total. The van der Waals surface area contributed by atoms with E-state index in [1.54, 1.807) is 4.90 Å². The Hall–Kier alpha value is -1.39. The summed E-state index contributed by atoms with van der Waals surface area (Å²) >= 11 is 0. The normalized spacial score (nSPS) is 16.3. The summed E-state index contributed by atoms with van der Waals surface area (Å²) in [5, 5.41) is 9.06. The van der Waals surface area contributed by atoms with Crippen molar-refractivity contribution in [1.82, 2.24) is 4.90 Å². The number of nitrogens with zero attached hydrogens (tertiary/aromatic N) is 1. The van der Waals surface area contributed by atoms with Gasteiger partial charge in [0.2, 0.25) is 5.91 Å². The number of amides is 1. The second-order valence-electron chi connectivity index (χ2n) is 4.69. The van der Waals surface area contributed by atoms with Gasteiger partial charge in [0.1, 0.15) is 0 Å². The highest BCUT2D eigenvalue weighted by Crippen LogP contribution is 2.29. The molecule has 98 valence electrons. The van der Waals surface area contributed by atoms with Gasteiger partial charge in [0, 0.05) is 19.1 Å². The molecular formula is C14H20N2O2. The molecule has 0 aliphatic heterocycles. The highest BCUT2D eigenvalue weighted by Gasteiger charge is 2.35. The molecule has 1 saturated carbocycles. The molecule has 3 N–H and O–H groups in total. The van der Waals surface area contributed by atoms with Crippen LogP contribution >= 0.6 is 0 Å². The first-order valence-electron chi connectivity index (χ1n) is 6.44. The lowest BCUT2D eigenvalue weighted by Gasteiger charge is -2.26. The molecule has 1 aromatic carbocycles. The van der Waals surface area contributed by atoms with Crippen LogP contribution in [0, 0.1) is 0 Å². The minimum Gasteiger partial charge on any atom is -0.395 e. The number of aliphatic hydroxyl groups excluding tert-OH is 1. The maximum Gasteiger partial charge on any atom is 0.231 e. The third-order valence-electron chi connectivity index (χ3n) is 3.35. The van der Waals surface area contributed by atoms with Crippen LogP contribution in [0.5, 0.6) is 0 Å². The SMILES string of the molecule is NCC(C(=O)N(CCO)C1CC1)c1ccccc1. The first kappa shape index (κ1) is 13.1. The maximum absolute atomic E-state index is 12.5. The van der Waals surface area contributed by atoms with E-state index in [1.807, 2.05) is 30.3 Å². The van der Waals surface area contributed by atoms with Crippen molar-refractivity contribution in [2.45, 2.75) is 24.8 Å². The van der Waals surface area contributed by atoms with E-state index in [-0.39, 0.29) is 18.4 Å². The number of benzene rings is 1. The third kappa shape index (κ3) is 2.89. The Morgan fingerprint density at radius 3 is 2.56 bits per heavy atom. The Morgan fingerprint density at radius 2 is 2.06 bits per heavy atom. The van der Waals surface area contributed by atoms with Gasteiger partial charge in [-0.1, -0.05) is 30.3 Å². The Balaban J connectivity index is 2.13. The van der Waals surface area contributed by atoms with E-state index in [1.165, 1.54) is 0 Å². The summed E-state index contributed by atoms with van der Waals surface area (Å²) in [6.45, 7) is 0.721. The zero-order valence-electron chi connectivity index (χ0n) is 10.5. The van der Waals surface area contributed by atoms with Crippen molar-refractivity contribution in [3.05, 3.63) is 35.9 Å². The van der Waals surface area contributed by atoms with Gasteiger partial charge < -0.3 is 15.7 Å². The van der Waals surface area contributed by atoms with Crippen molar-refractivity contribution in [1.29, 1.82) is 0 Å². The van der Waals surface area contributed by atoms with Crippen molar-refractivity contribution < 1.29 is 9.90 Å². The number of nitrogens with two attached hydrogens (primary N) is 1. The van der Waals surface area contributed by atoms with Crippen LogP contribution in [0.2, 0.25) is 0 Å². The molecule has 2 rings (SSSR count). The number of carbonyl (C=O) groups is 1. The number of aliphatic hydroxyl groups is 1. The molecule has 0 bridgehead atoms. The lowest BCUT2D eigenvalue weighted by atomic mass is 9.97. The fourth-order valence-electron chi connectivity index (χ4n) is 2.23. The second kappa shape index (κ2) is 5.98. The van der Waals surface area contributed by atoms with Crippen molar-refractivity contribution in [3.8, 4) is 0 Å². The standard InChI is InChI=1S/C14H20N2O2/c15-10-13(11-4-2-1-3-5-11)14(18)16(8-9-17)12-6-7-12/h1-5,12-13,17H,6-10,15H2. The monoisotopic (exact) mass is 248 g/mol. The van der Waals surface area contributed by atoms with E-state index in [9.17, 15) is 4.79 Å². The number of hydrogen-bond donors (Lipinski definition) is 2. The lowest BCUT2D eigenvalue weighted by molar-refractivity contribution is -0.133. The summed E-state index contributed by atoms with van der Waals surface area (Å²) in [5.41, 5.74) is 6.70. The van der Waals surface area contributed by atoms with Crippen molar-refractivity contribution >= 4 is 5.91 Å². The smallest absolute Gasteiger partial charge is 0.231 e. The molecule has 0 aromatic heterocycles. The molecule has 0 radical (unpaired) electrons. The molecule has 1 aliphatic carbocycles. The van der Waals surface area contributed by atoms with Gasteiger partial charge in [-0.2, -0.15) is 0 Å². The van der Waals surface area contributed by atoms with Gasteiger partial charge >= 0.3 is 0 Å². The average Bonchev–Trinajstić information content (AvgIpc) is 3.22. The Labute approximate surface area is 107 Å². The molecule has 1 amide bonds. The van der Waals surface area contributed by atoms with Crippen molar-refractivity contribution in [2.75, 3.05) is 19.7 Å². The van der Waals surface area contributed by atoms with Crippen LogP contribution in [0.4, 0.5) is 0 Å². The average molecular weight is 248 g/mol. The molecule has 0 saturated heterocycles. The van der Waals surface area contributed by atoms with Crippen LogP contribution in [0.3, 0.4) is 0 Å². The first-order chi connectivity index (χ1) is 8.77. The fraction of sp³-hybridized carbons (Fsp3) is 0.500. The van der Waals surface area contributed by atoms with Gasteiger partial charge in [-0.25, -0.2) is 0 Å².